The molecule has 0 N–H and O–H groups in total. The fourth-order valence-corrected chi connectivity index (χ4v) is 2.86. The maximum absolute atomic E-state index is 12.7. The number of rotatable bonds is 5. The van der Waals surface area contributed by atoms with Gasteiger partial charge in [-0.2, -0.15) is 13.2 Å². The average Bonchev–Trinajstić information content (AvgIpc) is 2.52. The second-order valence-electron chi connectivity index (χ2n) is 6.77. The Morgan fingerprint density at radius 3 is 2.50 bits per heavy atom. The minimum absolute atomic E-state index is 0.0837. The molecule has 2 rings (SSSR count). The Bertz CT molecular complexity index is 713. The highest BCUT2D eigenvalue weighted by Gasteiger charge is 2.41. The Kier molecular flexibility index (Phi) is 5.53. The number of alkyl halides is 3. The molecule has 0 saturated carbocycles. The number of methoxy groups -OCH3 is 1. The van der Waals surface area contributed by atoms with E-state index in [9.17, 15) is 22.8 Å². The van der Waals surface area contributed by atoms with Crippen molar-refractivity contribution in [3.05, 3.63) is 23.3 Å². The summed E-state index contributed by atoms with van der Waals surface area (Å²) in [6.07, 6.45) is -5.02. The van der Waals surface area contributed by atoms with E-state index in [-0.39, 0.29) is 30.9 Å². The van der Waals surface area contributed by atoms with Crippen molar-refractivity contribution in [1.82, 2.24) is 0 Å². The van der Waals surface area contributed by atoms with Crippen LogP contribution in [0.2, 0.25) is 0 Å². The quantitative estimate of drug-likeness (QED) is 0.578. The standard InChI is InChI=1S/C18H22F3NO4/c1-11-9-14-13(10-12(11)15(23)25-4)22(16(24)17(2,3)26-14)8-6-5-7-18(19,20)21/h9-10H,5-8H2,1-4H3. The van der Waals surface area contributed by atoms with Gasteiger partial charge in [0.2, 0.25) is 0 Å². The van der Waals surface area contributed by atoms with Gasteiger partial charge in [0.05, 0.1) is 18.4 Å². The Labute approximate surface area is 150 Å². The molecular weight excluding hydrogens is 351 g/mol. The molecule has 0 unspecified atom stereocenters. The number of hydrogen-bond acceptors (Lipinski definition) is 4. The van der Waals surface area contributed by atoms with Crippen molar-refractivity contribution in [1.29, 1.82) is 0 Å². The first kappa shape index (κ1) is 20.1. The number of anilines is 1. The predicted molar refractivity (Wildman–Crippen MR) is 89.5 cm³/mol. The Balaban J connectivity index is 2.32. The number of benzene rings is 1. The van der Waals surface area contributed by atoms with Crippen LogP contribution in [0.3, 0.4) is 0 Å². The van der Waals surface area contributed by atoms with Crippen LogP contribution in [0.15, 0.2) is 12.1 Å². The van der Waals surface area contributed by atoms with E-state index < -0.39 is 24.2 Å². The summed E-state index contributed by atoms with van der Waals surface area (Å²) >= 11 is 0. The maximum Gasteiger partial charge on any atom is 0.389 e. The number of carbonyl (C=O) groups excluding carboxylic acids is 2. The van der Waals surface area contributed by atoms with Gasteiger partial charge in [-0.15, -0.1) is 0 Å². The second kappa shape index (κ2) is 7.17. The monoisotopic (exact) mass is 373 g/mol. The molecule has 0 spiro atoms. The van der Waals surface area contributed by atoms with Crippen LogP contribution < -0.4 is 9.64 Å². The van der Waals surface area contributed by atoms with Crippen LogP contribution in [-0.2, 0) is 9.53 Å². The minimum atomic E-state index is -4.22. The summed E-state index contributed by atoms with van der Waals surface area (Å²) in [5, 5.41) is 0. The molecule has 144 valence electrons. The average molecular weight is 373 g/mol. The van der Waals surface area contributed by atoms with E-state index in [1.165, 1.54) is 18.1 Å². The second-order valence-corrected chi connectivity index (χ2v) is 6.77. The first-order chi connectivity index (χ1) is 12.0. The molecule has 0 aliphatic carbocycles. The van der Waals surface area contributed by atoms with Gasteiger partial charge in [-0.05, 0) is 51.3 Å². The molecule has 5 nitrogen and oxygen atoms in total. The number of hydrogen-bond donors (Lipinski definition) is 0. The molecule has 26 heavy (non-hydrogen) atoms. The van der Waals surface area contributed by atoms with Gasteiger partial charge < -0.3 is 14.4 Å². The number of ether oxygens (including phenoxy) is 2. The Hall–Kier alpha value is -2.25. The number of unbranched alkanes of at least 4 members (excludes halogenated alkanes) is 1. The molecule has 0 aromatic heterocycles. The van der Waals surface area contributed by atoms with Crippen molar-refractivity contribution >= 4 is 17.6 Å². The lowest BCUT2D eigenvalue weighted by atomic mass is 10.00. The Morgan fingerprint density at radius 1 is 1.27 bits per heavy atom. The molecule has 8 heteroatoms. The topological polar surface area (TPSA) is 55.8 Å². The van der Waals surface area contributed by atoms with Crippen molar-refractivity contribution < 1.29 is 32.2 Å². The van der Waals surface area contributed by atoms with Crippen molar-refractivity contribution in [2.45, 2.75) is 51.8 Å². The van der Waals surface area contributed by atoms with Crippen molar-refractivity contribution in [2.24, 2.45) is 0 Å². The van der Waals surface area contributed by atoms with Crippen molar-refractivity contribution in [2.75, 3.05) is 18.6 Å². The van der Waals surface area contributed by atoms with Crippen molar-refractivity contribution in [3.8, 4) is 5.75 Å². The molecule has 0 saturated heterocycles. The smallest absolute Gasteiger partial charge is 0.389 e. The Morgan fingerprint density at radius 2 is 1.92 bits per heavy atom. The lowest BCUT2D eigenvalue weighted by Gasteiger charge is -2.39. The zero-order valence-corrected chi connectivity index (χ0v) is 15.2. The van der Waals surface area contributed by atoms with Gasteiger partial charge in [0.15, 0.2) is 5.60 Å². The molecule has 0 radical (unpaired) electrons. The summed E-state index contributed by atoms with van der Waals surface area (Å²) in [6.45, 7) is 5.03. The van der Waals surface area contributed by atoms with Gasteiger partial charge in [0, 0.05) is 13.0 Å². The number of esters is 1. The summed E-state index contributed by atoms with van der Waals surface area (Å²) < 4.78 is 47.5. The SMILES string of the molecule is COC(=O)c1cc2c(cc1C)OC(C)(C)C(=O)N2CCCCC(F)(F)F. The lowest BCUT2D eigenvalue weighted by Crippen LogP contribution is -2.52. The largest absolute Gasteiger partial charge is 0.476 e. The summed E-state index contributed by atoms with van der Waals surface area (Å²) in [6, 6.07) is 3.13. The fraction of sp³-hybridized carbons (Fsp3) is 0.556. The molecule has 1 amide bonds. The van der Waals surface area contributed by atoms with E-state index in [0.717, 1.165) is 0 Å². The van der Waals surface area contributed by atoms with Gasteiger partial charge >= 0.3 is 12.1 Å². The third kappa shape index (κ3) is 4.28. The molecule has 0 bridgehead atoms. The van der Waals surface area contributed by atoms with Crippen LogP contribution >= 0.6 is 0 Å². The normalized spacial score (nSPS) is 16.1. The molecule has 1 aromatic rings. The van der Waals surface area contributed by atoms with E-state index in [4.69, 9.17) is 9.47 Å². The zero-order valence-electron chi connectivity index (χ0n) is 15.2. The number of aryl methyl sites for hydroxylation is 1. The van der Waals surface area contributed by atoms with Gasteiger partial charge in [-0.1, -0.05) is 0 Å². The number of amides is 1. The summed E-state index contributed by atoms with van der Waals surface area (Å²) in [5.41, 5.74) is 0.128. The fourth-order valence-electron chi connectivity index (χ4n) is 2.86. The van der Waals surface area contributed by atoms with Crippen molar-refractivity contribution in [3.63, 3.8) is 0 Å². The highest BCUT2D eigenvalue weighted by atomic mass is 19.4. The van der Waals surface area contributed by atoms with E-state index >= 15 is 0 Å². The number of halogens is 3. The number of nitrogens with zero attached hydrogens (tertiary/aromatic N) is 1. The number of fused-ring (bicyclic) bond motifs is 1. The molecule has 1 aliphatic heterocycles. The lowest BCUT2D eigenvalue weighted by molar-refractivity contribution is -0.135. The van der Waals surface area contributed by atoms with Gasteiger partial charge in [0.25, 0.3) is 5.91 Å². The molecule has 1 aliphatic rings. The van der Waals surface area contributed by atoms with Crippen LogP contribution in [0.1, 0.15) is 49.0 Å². The van der Waals surface area contributed by atoms with Crippen LogP contribution in [0, 0.1) is 6.92 Å². The molecule has 1 heterocycles. The first-order valence-corrected chi connectivity index (χ1v) is 8.27. The third-order valence-corrected chi connectivity index (χ3v) is 4.22. The molecule has 0 fully saturated rings. The minimum Gasteiger partial charge on any atom is -0.476 e. The zero-order chi connectivity index (χ0) is 19.7. The van der Waals surface area contributed by atoms with E-state index in [2.05, 4.69) is 0 Å². The van der Waals surface area contributed by atoms with Gasteiger partial charge in [-0.25, -0.2) is 4.79 Å². The van der Waals surface area contributed by atoms with E-state index in [1.807, 2.05) is 0 Å². The van der Waals surface area contributed by atoms with E-state index in [0.29, 0.717) is 17.0 Å². The van der Waals surface area contributed by atoms with Crippen LogP contribution in [0.4, 0.5) is 18.9 Å². The summed E-state index contributed by atoms with van der Waals surface area (Å²) in [5.74, 6) is -0.508. The van der Waals surface area contributed by atoms with Crippen LogP contribution in [-0.4, -0.2) is 37.3 Å². The van der Waals surface area contributed by atoms with Crippen LogP contribution in [0.25, 0.3) is 0 Å². The first-order valence-electron chi connectivity index (χ1n) is 8.27. The third-order valence-electron chi connectivity index (χ3n) is 4.22. The maximum atomic E-state index is 12.7. The summed E-state index contributed by atoms with van der Waals surface area (Å²) in [7, 11) is 1.25. The number of carbonyl (C=O) groups is 2. The summed E-state index contributed by atoms with van der Waals surface area (Å²) in [4.78, 5) is 26.0. The predicted octanol–water partition coefficient (Wildman–Crippen LogP) is 4.02. The van der Waals surface area contributed by atoms with E-state index in [1.54, 1.807) is 26.8 Å². The highest BCUT2D eigenvalue weighted by molar-refractivity contribution is 6.04. The van der Waals surface area contributed by atoms with Gasteiger partial charge in [-0.3, -0.25) is 4.79 Å². The van der Waals surface area contributed by atoms with Gasteiger partial charge in [0.1, 0.15) is 5.75 Å². The molecule has 0 atom stereocenters. The molecule has 1 aromatic carbocycles. The molecular formula is C18H22F3NO4. The highest BCUT2D eigenvalue weighted by Crippen LogP contribution is 2.40. The van der Waals surface area contributed by atoms with Crippen LogP contribution in [0.5, 0.6) is 5.75 Å².